The highest BCUT2D eigenvalue weighted by Crippen LogP contribution is 2.20. The summed E-state index contributed by atoms with van der Waals surface area (Å²) in [7, 11) is 0. The fraction of sp³-hybridized carbons (Fsp3) is 0.208. The molecule has 3 aromatic rings. The van der Waals surface area contributed by atoms with Crippen molar-refractivity contribution < 1.29 is 9.59 Å². The molecule has 6 nitrogen and oxygen atoms in total. The minimum Gasteiger partial charge on any atom is -0.368 e. The van der Waals surface area contributed by atoms with Crippen molar-refractivity contribution in [3.63, 3.8) is 0 Å². The van der Waals surface area contributed by atoms with Gasteiger partial charge in [-0.1, -0.05) is 54.6 Å². The molecule has 0 spiro atoms. The number of piperazine rings is 1. The quantitative estimate of drug-likeness (QED) is 0.487. The molecule has 0 saturated carbocycles. The monoisotopic (exact) mass is 401 g/mol. The van der Waals surface area contributed by atoms with Gasteiger partial charge in [0.15, 0.2) is 11.8 Å². The molecule has 1 atom stereocenters. The zero-order valence-corrected chi connectivity index (χ0v) is 16.6. The van der Waals surface area contributed by atoms with Crippen LogP contribution in [-0.4, -0.2) is 47.3 Å². The maximum Gasteiger partial charge on any atom is 0.253 e. The van der Waals surface area contributed by atoms with Crippen molar-refractivity contribution in [2.24, 2.45) is 0 Å². The molecule has 2 heterocycles. The number of benzene rings is 2. The van der Waals surface area contributed by atoms with Crippen LogP contribution in [0.2, 0.25) is 0 Å². The molecule has 0 N–H and O–H groups in total. The van der Waals surface area contributed by atoms with Crippen LogP contribution in [0.25, 0.3) is 0 Å². The first-order chi connectivity index (χ1) is 14.6. The van der Waals surface area contributed by atoms with Gasteiger partial charge in [-0.2, -0.15) is 0 Å². The number of rotatable bonds is 5. The topological polar surface area (TPSA) is 62.6 Å². The molecule has 0 aliphatic carbocycles. The Morgan fingerprint density at radius 1 is 0.733 bits per heavy atom. The third-order valence-corrected chi connectivity index (χ3v) is 5.38. The van der Waals surface area contributed by atoms with E-state index in [0.29, 0.717) is 31.7 Å². The zero-order chi connectivity index (χ0) is 20.9. The van der Waals surface area contributed by atoms with Crippen LogP contribution in [0.5, 0.6) is 0 Å². The summed E-state index contributed by atoms with van der Waals surface area (Å²) < 4.78 is 1.24. The summed E-state index contributed by atoms with van der Waals surface area (Å²) in [6, 6.07) is 22.1. The molecule has 1 saturated heterocycles. The molecule has 1 unspecified atom stereocenters. The summed E-state index contributed by atoms with van der Waals surface area (Å²) in [6.07, 6.45) is 1.51. The van der Waals surface area contributed by atoms with Crippen molar-refractivity contribution in [1.29, 1.82) is 0 Å². The van der Waals surface area contributed by atoms with Gasteiger partial charge in [-0.05, 0) is 18.2 Å². The smallest absolute Gasteiger partial charge is 0.253 e. The van der Waals surface area contributed by atoms with Crippen LogP contribution >= 0.6 is 0 Å². The van der Waals surface area contributed by atoms with E-state index < -0.39 is 6.04 Å². The second-order valence-electron chi connectivity index (χ2n) is 7.23. The van der Waals surface area contributed by atoms with Gasteiger partial charge in [0.05, 0.1) is 0 Å². The number of aromatic nitrogens is 1. The Bertz CT molecular complexity index is 1070. The number of para-hydroxylation sites is 1. The van der Waals surface area contributed by atoms with Crippen LogP contribution in [0.3, 0.4) is 0 Å². The van der Waals surface area contributed by atoms with Crippen molar-refractivity contribution in [1.82, 2.24) is 9.47 Å². The summed E-state index contributed by atoms with van der Waals surface area (Å²) in [6.45, 7) is 2.33. The second kappa shape index (κ2) is 8.78. The molecule has 2 aromatic carbocycles. The van der Waals surface area contributed by atoms with E-state index in [1.165, 1.54) is 16.8 Å². The average molecular weight is 401 g/mol. The van der Waals surface area contributed by atoms with Crippen LogP contribution in [-0.2, 0) is 4.79 Å². The van der Waals surface area contributed by atoms with E-state index in [1.54, 1.807) is 41.3 Å². The lowest BCUT2D eigenvalue weighted by Gasteiger charge is -2.37. The first-order valence-electron chi connectivity index (χ1n) is 10.0. The molecule has 30 heavy (non-hydrogen) atoms. The SMILES string of the molecule is O=C(c1ccccc1)C(C(=O)N1CCN(c2ccccc2)CC1)n1ccccc1=O. The van der Waals surface area contributed by atoms with Crippen LogP contribution in [0.15, 0.2) is 89.9 Å². The molecular formula is C24H23N3O3. The fourth-order valence-corrected chi connectivity index (χ4v) is 3.77. The van der Waals surface area contributed by atoms with Crippen molar-refractivity contribution in [3.05, 3.63) is 101 Å². The molecule has 0 radical (unpaired) electrons. The molecule has 4 rings (SSSR count). The Balaban J connectivity index is 1.58. The van der Waals surface area contributed by atoms with Gasteiger partial charge in [0.25, 0.3) is 11.5 Å². The summed E-state index contributed by atoms with van der Waals surface area (Å²) in [5, 5.41) is 0. The third-order valence-electron chi connectivity index (χ3n) is 5.38. The number of nitrogens with zero attached hydrogens (tertiary/aromatic N) is 3. The highest BCUT2D eigenvalue weighted by atomic mass is 16.2. The summed E-state index contributed by atoms with van der Waals surface area (Å²) >= 11 is 0. The van der Waals surface area contributed by atoms with Gasteiger partial charge < -0.3 is 9.80 Å². The average Bonchev–Trinajstić information content (AvgIpc) is 2.81. The van der Waals surface area contributed by atoms with Crippen molar-refractivity contribution in [2.75, 3.05) is 31.1 Å². The Morgan fingerprint density at radius 3 is 1.97 bits per heavy atom. The minimum atomic E-state index is -1.20. The molecule has 152 valence electrons. The number of anilines is 1. The maximum atomic E-state index is 13.4. The number of Topliss-reactive ketones (excluding diaryl/α,β-unsaturated/α-hetero) is 1. The number of ketones is 1. The molecule has 1 aliphatic heterocycles. The molecule has 1 fully saturated rings. The molecular weight excluding hydrogens is 378 g/mol. The van der Waals surface area contributed by atoms with Gasteiger partial charge in [-0.25, -0.2) is 0 Å². The summed E-state index contributed by atoms with van der Waals surface area (Å²) in [4.78, 5) is 43.0. The fourth-order valence-electron chi connectivity index (χ4n) is 3.77. The predicted octanol–water partition coefficient (Wildman–Crippen LogP) is 2.62. The second-order valence-corrected chi connectivity index (χ2v) is 7.23. The van der Waals surface area contributed by atoms with E-state index >= 15 is 0 Å². The van der Waals surface area contributed by atoms with Crippen molar-refractivity contribution in [2.45, 2.75) is 6.04 Å². The number of hydrogen-bond donors (Lipinski definition) is 0. The summed E-state index contributed by atoms with van der Waals surface area (Å²) in [5.74, 6) is -0.718. The highest BCUT2D eigenvalue weighted by Gasteiger charge is 2.34. The van der Waals surface area contributed by atoms with E-state index in [0.717, 1.165) is 5.69 Å². The Morgan fingerprint density at radius 2 is 1.33 bits per heavy atom. The molecule has 1 aliphatic rings. The van der Waals surface area contributed by atoms with E-state index in [9.17, 15) is 14.4 Å². The van der Waals surface area contributed by atoms with E-state index in [2.05, 4.69) is 4.90 Å². The van der Waals surface area contributed by atoms with Gasteiger partial charge in [0.1, 0.15) is 0 Å². The standard InChI is InChI=1S/C24H23N3O3/c28-21-13-7-8-14-27(21)22(23(29)19-9-3-1-4-10-19)24(30)26-17-15-25(16-18-26)20-11-5-2-6-12-20/h1-14,22H,15-18H2. The van der Waals surface area contributed by atoms with Crippen LogP contribution in [0.4, 0.5) is 5.69 Å². The Labute approximate surface area is 175 Å². The van der Waals surface area contributed by atoms with Crippen molar-refractivity contribution >= 4 is 17.4 Å². The molecule has 1 aromatic heterocycles. The zero-order valence-electron chi connectivity index (χ0n) is 16.6. The van der Waals surface area contributed by atoms with Gasteiger partial charge in [0, 0.05) is 49.7 Å². The van der Waals surface area contributed by atoms with Crippen LogP contribution in [0, 0.1) is 0 Å². The number of amides is 1. The van der Waals surface area contributed by atoms with Gasteiger partial charge in [-0.3, -0.25) is 19.0 Å². The number of carbonyl (C=O) groups excluding carboxylic acids is 2. The van der Waals surface area contributed by atoms with Gasteiger partial charge >= 0.3 is 0 Å². The van der Waals surface area contributed by atoms with Crippen LogP contribution < -0.4 is 10.5 Å². The van der Waals surface area contributed by atoms with Crippen molar-refractivity contribution in [3.8, 4) is 0 Å². The predicted molar refractivity (Wildman–Crippen MR) is 116 cm³/mol. The number of hydrogen-bond acceptors (Lipinski definition) is 4. The Kier molecular flexibility index (Phi) is 5.75. The first kappa shape index (κ1) is 19.6. The molecule has 6 heteroatoms. The normalized spacial score (nSPS) is 14.9. The lowest BCUT2D eigenvalue weighted by molar-refractivity contribution is -0.133. The summed E-state index contributed by atoms with van der Waals surface area (Å²) in [5.41, 5.74) is 1.15. The minimum absolute atomic E-state index is 0.343. The third kappa shape index (κ3) is 4.03. The lowest BCUT2D eigenvalue weighted by Crippen LogP contribution is -2.52. The first-order valence-corrected chi connectivity index (χ1v) is 10.0. The highest BCUT2D eigenvalue weighted by molar-refractivity contribution is 6.11. The van der Waals surface area contributed by atoms with Gasteiger partial charge in [0.2, 0.25) is 0 Å². The Hall–Kier alpha value is -3.67. The number of pyridine rings is 1. The lowest BCUT2D eigenvalue weighted by atomic mass is 10.0. The largest absolute Gasteiger partial charge is 0.368 e. The molecule has 1 amide bonds. The van der Waals surface area contributed by atoms with Crippen LogP contribution in [0.1, 0.15) is 16.4 Å². The van der Waals surface area contributed by atoms with E-state index in [-0.39, 0.29) is 17.2 Å². The van der Waals surface area contributed by atoms with E-state index in [1.807, 2.05) is 36.4 Å². The number of carbonyl (C=O) groups is 2. The van der Waals surface area contributed by atoms with E-state index in [4.69, 9.17) is 0 Å². The molecule has 0 bridgehead atoms. The maximum absolute atomic E-state index is 13.4. The van der Waals surface area contributed by atoms with Gasteiger partial charge in [-0.15, -0.1) is 0 Å².